The summed E-state index contributed by atoms with van der Waals surface area (Å²) in [4.78, 5) is 23.0. The predicted octanol–water partition coefficient (Wildman–Crippen LogP) is 2.56. The number of amides is 1. The van der Waals surface area contributed by atoms with Gasteiger partial charge in [-0.15, -0.1) is 0 Å². The lowest BCUT2D eigenvalue weighted by atomic mass is 10.1. The van der Waals surface area contributed by atoms with Gasteiger partial charge in [0.05, 0.1) is 0 Å². The fraction of sp³-hybridized carbons (Fsp3) is 0.125. The van der Waals surface area contributed by atoms with Gasteiger partial charge in [-0.05, 0) is 36.8 Å². The van der Waals surface area contributed by atoms with Gasteiger partial charge in [-0.1, -0.05) is 30.3 Å². The number of anilines is 1. The number of aliphatic hydroxyl groups is 1. The van der Waals surface area contributed by atoms with E-state index in [1.807, 2.05) is 6.07 Å². The summed E-state index contributed by atoms with van der Waals surface area (Å²) < 4.78 is 0. The van der Waals surface area contributed by atoms with Crippen LogP contribution in [0.2, 0.25) is 0 Å². The van der Waals surface area contributed by atoms with E-state index in [1.54, 1.807) is 48.5 Å². The maximum atomic E-state index is 11.9. The third kappa shape index (κ3) is 3.30. The van der Waals surface area contributed by atoms with Crippen molar-refractivity contribution in [2.24, 2.45) is 0 Å². The molecule has 4 heteroatoms. The Balaban J connectivity index is 2.06. The molecular weight excluding hydrogens is 254 g/mol. The first kappa shape index (κ1) is 14.0. The standard InChI is InChI=1S/C16H15NO3/c1-11(18)12-7-9-14(10-8-12)17-16(20)15(19)13-5-3-2-4-6-13/h2-10,15,19H,1H3,(H,17,20). The third-order valence-corrected chi connectivity index (χ3v) is 2.92. The number of hydrogen-bond acceptors (Lipinski definition) is 3. The monoisotopic (exact) mass is 269 g/mol. The van der Waals surface area contributed by atoms with Crippen LogP contribution in [0.15, 0.2) is 54.6 Å². The first-order valence-electron chi connectivity index (χ1n) is 6.23. The second-order valence-electron chi connectivity index (χ2n) is 4.44. The van der Waals surface area contributed by atoms with E-state index < -0.39 is 12.0 Å². The van der Waals surface area contributed by atoms with Crippen molar-refractivity contribution in [1.82, 2.24) is 0 Å². The Kier molecular flexibility index (Phi) is 4.27. The average molecular weight is 269 g/mol. The Labute approximate surface area is 117 Å². The van der Waals surface area contributed by atoms with E-state index in [0.717, 1.165) is 0 Å². The number of rotatable bonds is 4. The molecular formula is C16H15NO3. The van der Waals surface area contributed by atoms with Crippen LogP contribution in [0, 0.1) is 0 Å². The largest absolute Gasteiger partial charge is 0.378 e. The molecule has 4 nitrogen and oxygen atoms in total. The molecule has 0 aliphatic rings. The quantitative estimate of drug-likeness (QED) is 0.838. The topological polar surface area (TPSA) is 66.4 Å². The van der Waals surface area contributed by atoms with Crippen LogP contribution in [0.3, 0.4) is 0 Å². The molecule has 1 amide bonds. The van der Waals surface area contributed by atoms with Crippen LogP contribution in [0.4, 0.5) is 5.69 Å². The van der Waals surface area contributed by atoms with Gasteiger partial charge in [0.25, 0.3) is 5.91 Å². The van der Waals surface area contributed by atoms with Crippen LogP contribution in [0.1, 0.15) is 28.9 Å². The molecule has 1 unspecified atom stereocenters. The number of hydrogen-bond donors (Lipinski definition) is 2. The van der Waals surface area contributed by atoms with Crippen molar-refractivity contribution in [2.45, 2.75) is 13.0 Å². The summed E-state index contributed by atoms with van der Waals surface area (Å²) in [6, 6.07) is 15.2. The second kappa shape index (κ2) is 6.12. The molecule has 2 aromatic rings. The van der Waals surface area contributed by atoms with Gasteiger partial charge in [0, 0.05) is 11.3 Å². The minimum Gasteiger partial charge on any atom is -0.378 e. The lowest BCUT2D eigenvalue weighted by Gasteiger charge is -2.11. The molecule has 2 N–H and O–H groups in total. The summed E-state index contributed by atoms with van der Waals surface area (Å²) in [5.41, 5.74) is 1.65. The molecule has 0 saturated heterocycles. The highest BCUT2D eigenvalue weighted by Crippen LogP contribution is 2.16. The summed E-state index contributed by atoms with van der Waals surface area (Å²) in [5, 5.41) is 12.5. The number of ketones is 1. The van der Waals surface area contributed by atoms with Crippen LogP contribution >= 0.6 is 0 Å². The molecule has 0 fully saturated rings. The minimum atomic E-state index is -1.22. The van der Waals surface area contributed by atoms with Gasteiger partial charge in [-0.25, -0.2) is 0 Å². The lowest BCUT2D eigenvalue weighted by molar-refractivity contribution is -0.124. The van der Waals surface area contributed by atoms with Gasteiger partial charge in [0.2, 0.25) is 0 Å². The lowest BCUT2D eigenvalue weighted by Crippen LogP contribution is -2.20. The van der Waals surface area contributed by atoms with Gasteiger partial charge >= 0.3 is 0 Å². The summed E-state index contributed by atoms with van der Waals surface area (Å²) in [5.74, 6) is -0.543. The molecule has 0 aromatic heterocycles. The Morgan fingerprint density at radius 3 is 2.15 bits per heavy atom. The van der Waals surface area contributed by atoms with Gasteiger partial charge < -0.3 is 10.4 Å². The van der Waals surface area contributed by atoms with Gasteiger partial charge in [-0.2, -0.15) is 0 Å². The maximum Gasteiger partial charge on any atom is 0.257 e. The molecule has 102 valence electrons. The fourth-order valence-corrected chi connectivity index (χ4v) is 1.79. The molecule has 0 bridgehead atoms. The highest BCUT2D eigenvalue weighted by molar-refractivity contribution is 5.97. The van der Waals surface area contributed by atoms with E-state index >= 15 is 0 Å². The van der Waals surface area contributed by atoms with Crippen molar-refractivity contribution in [3.63, 3.8) is 0 Å². The number of nitrogens with one attached hydrogen (secondary N) is 1. The predicted molar refractivity (Wildman–Crippen MR) is 76.5 cm³/mol. The van der Waals surface area contributed by atoms with Crippen LogP contribution in [-0.2, 0) is 4.79 Å². The van der Waals surface area contributed by atoms with Gasteiger partial charge in [0.1, 0.15) is 0 Å². The Morgan fingerprint density at radius 2 is 1.60 bits per heavy atom. The number of aliphatic hydroxyl groups excluding tert-OH is 1. The third-order valence-electron chi connectivity index (χ3n) is 2.92. The van der Waals surface area contributed by atoms with Gasteiger partial charge in [0.15, 0.2) is 11.9 Å². The molecule has 0 radical (unpaired) electrons. The smallest absolute Gasteiger partial charge is 0.257 e. The summed E-state index contributed by atoms with van der Waals surface area (Å²) >= 11 is 0. The molecule has 0 aliphatic carbocycles. The van der Waals surface area contributed by atoms with E-state index in [-0.39, 0.29) is 5.78 Å². The SMILES string of the molecule is CC(=O)c1ccc(NC(=O)C(O)c2ccccc2)cc1. The van der Waals surface area contributed by atoms with Crippen LogP contribution in [0.5, 0.6) is 0 Å². The van der Waals surface area contributed by atoms with Gasteiger partial charge in [-0.3, -0.25) is 9.59 Å². The maximum absolute atomic E-state index is 11.9. The normalized spacial score (nSPS) is 11.7. The molecule has 2 aromatic carbocycles. The van der Waals surface area contributed by atoms with E-state index in [2.05, 4.69) is 5.32 Å². The van der Waals surface area contributed by atoms with Crippen molar-refractivity contribution < 1.29 is 14.7 Å². The zero-order valence-corrected chi connectivity index (χ0v) is 11.0. The Hall–Kier alpha value is -2.46. The molecule has 1 atom stereocenters. The molecule has 0 heterocycles. The zero-order chi connectivity index (χ0) is 14.5. The Bertz CT molecular complexity index is 605. The Morgan fingerprint density at radius 1 is 1.00 bits per heavy atom. The summed E-state index contributed by atoms with van der Waals surface area (Å²) in [6.45, 7) is 1.48. The first-order chi connectivity index (χ1) is 9.58. The van der Waals surface area contributed by atoms with Crippen LogP contribution < -0.4 is 5.32 Å². The minimum absolute atomic E-state index is 0.0350. The first-order valence-corrected chi connectivity index (χ1v) is 6.23. The van der Waals surface area contributed by atoms with E-state index in [4.69, 9.17) is 0 Å². The number of carbonyl (C=O) groups is 2. The highest BCUT2D eigenvalue weighted by Gasteiger charge is 2.16. The van der Waals surface area contributed by atoms with Crippen molar-refractivity contribution in [1.29, 1.82) is 0 Å². The second-order valence-corrected chi connectivity index (χ2v) is 4.44. The van der Waals surface area contributed by atoms with Crippen molar-refractivity contribution in [3.05, 3.63) is 65.7 Å². The van der Waals surface area contributed by atoms with Crippen molar-refractivity contribution in [2.75, 3.05) is 5.32 Å². The van der Waals surface area contributed by atoms with E-state index in [0.29, 0.717) is 16.8 Å². The summed E-state index contributed by atoms with van der Waals surface area (Å²) in [6.07, 6.45) is -1.22. The van der Waals surface area contributed by atoms with Crippen molar-refractivity contribution in [3.8, 4) is 0 Å². The molecule has 2 rings (SSSR count). The van der Waals surface area contributed by atoms with Crippen LogP contribution in [-0.4, -0.2) is 16.8 Å². The number of benzene rings is 2. The van der Waals surface area contributed by atoms with E-state index in [9.17, 15) is 14.7 Å². The molecule has 0 spiro atoms. The fourth-order valence-electron chi connectivity index (χ4n) is 1.79. The molecule has 0 saturated carbocycles. The van der Waals surface area contributed by atoms with Crippen LogP contribution in [0.25, 0.3) is 0 Å². The zero-order valence-electron chi connectivity index (χ0n) is 11.0. The number of Topliss-reactive ketones (excluding diaryl/α,β-unsaturated/α-hetero) is 1. The summed E-state index contributed by atoms with van der Waals surface area (Å²) in [7, 11) is 0. The van der Waals surface area contributed by atoms with Crippen molar-refractivity contribution >= 4 is 17.4 Å². The van der Waals surface area contributed by atoms with E-state index in [1.165, 1.54) is 6.92 Å². The number of carbonyl (C=O) groups excluding carboxylic acids is 2. The highest BCUT2D eigenvalue weighted by atomic mass is 16.3. The molecule has 20 heavy (non-hydrogen) atoms. The molecule has 0 aliphatic heterocycles. The average Bonchev–Trinajstić information content (AvgIpc) is 2.48.